The van der Waals surface area contributed by atoms with E-state index in [1.165, 1.54) is 0 Å². The second-order valence-corrected chi connectivity index (χ2v) is 4.65. The van der Waals surface area contributed by atoms with E-state index in [4.69, 9.17) is 5.11 Å². The second kappa shape index (κ2) is 7.46. The standard InChI is InChI=1S/C12H19N3O5/c1-2-3-4-8(11(18)19)14-12(20)13-7-5-6-9(16)15-10(7)17/h7-8H,2-6H2,1H3,(H,18,19)(H2,13,14,20)(H,15,16,17)/t7?,8-/m0/s1. The van der Waals surface area contributed by atoms with E-state index in [-0.39, 0.29) is 18.7 Å². The van der Waals surface area contributed by atoms with Crippen LogP contribution in [0.4, 0.5) is 4.79 Å². The Balaban J connectivity index is 2.47. The number of carbonyl (C=O) groups is 4. The number of amides is 4. The Morgan fingerprint density at radius 2 is 2.15 bits per heavy atom. The van der Waals surface area contributed by atoms with Crippen molar-refractivity contribution in [1.82, 2.24) is 16.0 Å². The third-order valence-corrected chi connectivity index (χ3v) is 2.99. The van der Waals surface area contributed by atoms with E-state index in [2.05, 4.69) is 16.0 Å². The summed E-state index contributed by atoms with van der Waals surface area (Å²) in [5.74, 6) is -2.06. The fourth-order valence-electron chi connectivity index (χ4n) is 1.86. The van der Waals surface area contributed by atoms with Gasteiger partial charge in [0.1, 0.15) is 12.1 Å². The molecule has 0 spiro atoms. The molecule has 1 unspecified atom stereocenters. The van der Waals surface area contributed by atoms with Crippen molar-refractivity contribution in [2.24, 2.45) is 0 Å². The van der Waals surface area contributed by atoms with Crippen LogP contribution in [0.5, 0.6) is 0 Å². The first-order valence-corrected chi connectivity index (χ1v) is 6.57. The number of hydrogen-bond acceptors (Lipinski definition) is 4. The van der Waals surface area contributed by atoms with Crippen LogP contribution in [-0.2, 0) is 14.4 Å². The maximum absolute atomic E-state index is 11.7. The van der Waals surface area contributed by atoms with Crippen molar-refractivity contribution in [3.8, 4) is 0 Å². The number of carboxylic acids is 1. The molecule has 0 aromatic rings. The van der Waals surface area contributed by atoms with Gasteiger partial charge < -0.3 is 15.7 Å². The molecule has 4 amide bonds. The molecule has 0 bridgehead atoms. The average molecular weight is 285 g/mol. The smallest absolute Gasteiger partial charge is 0.326 e. The number of imide groups is 1. The van der Waals surface area contributed by atoms with Crippen molar-refractivity contribution in [3.63, 3.8) is 0 Å². The molecule has 2 atom stereocenters. The van der Waals surface area contributed by atoms with Crippen LogP contribution in [0, 0.1) is 0 Å². The van der Waals surface area contributed by atoms with Gasteiger partial charge in [-0.2, -0.15) is 0 Å². The minimum atomic E-state index is -1.11. The molecule has 20 heavy (non-hydrogen) atoms. The molecule has 1 aliphatic heterocycles. The monoisotopic (exact) mass is 285 g/mol. The minimum absolute atomic E-state index is 0.148. The molecule has 1 saturated heterocycles. The third-order valence-electron chi connectivity index (χ3n) is 2.99. The molecule has 1 heterocycles. The van der Waals surface area contributed by atoms with Crippen LogP contribution in [0.3, 0.4) is 0 Å². The Morgan fingerprint density at radius 3 is 2.70 bits per heavy atom. The van der Waals surface area contributed by atoms with Crippen LogP contribution in [0.25, 0.3) is 0 Å². The van der Waals surface area contributed by atoms with Gasteiger partial charge in [0.25, 0.3) is 0 Å². The van der Waals surface area contributed by atoms with E-state index < -0.39 is 30.0 Å². The van der Waals surface area contributed by atoms with Crippen molar-refractivity contribution in [2.45, 2.75) is 51.1 Å². The van der Waals surface area contributed by atoms with Crippen molar-refractivity contribution in [2.75, 3.05) is 0 Å². The highest BCUT2D eigenvalue weighted by molar-refractivity contribution is 6.01. The molecule has 0 aliphatic carbocycles. The number of aliphatic carboxylic acids is 1. The van der Waals surface area contributed by atoms with Gasteiger partial charge >= 0.3 is 12.0 Å². The summed E-state index contributed by atoms with van der Waals surface area (Å²) in [7, 11) is 0. The molecule has 0 saturated carbocycles. The Kier molecular flexibility index (Phi) is 5.95. The van der Waals surface area contributed by atoms with E-state index >= 15 is 0 Å². The number of carbonyl (C=O) groups excluding carboxylic acids is 3. The van der Waals surface area contributed by atoms with Crippen molar-refractivity contribution in [1.29, 1.82) is 0 Å². The lowest BCUT2D eigenvalue weighted by molar-refractivity contribution is -0.139. The van der Waals surface area contributed by atoms with Gasteiger partial charge in [0, 0.05) is 6.42 Å². The van der Waals surface area contributed by atoms with Crippen molar-refractivity contribution < 1.29 is 24.3 Å². The summed E-state index contributed by atoms with van der Waals surface area (Å²) in [6, 6.07) is -2.51. The molecule has 112 valence electrons. The first kappa shape index (κ1) is 15.9. The lowest BCUT2D eigenvalue weighted by Crippen LogP contribution is -2.56. The summed E-state index contributed by atoms with van der Waals surface area (Å²) >= 11 is 0. The lowest BCUT2D eigenvalue weighted by atomic mass is 10.1. The number of carboxylic acid groups (broad SMARTS) is 1. The quantitative estimate of drug-likeness (QED) is 0.500. The van der Waals surface area contributed by atoms with Gasteiger partial charge in [0.2, 0.25) is 11.8 Å². The first-order chi connectivity index (χ1) is 9.43. The molecule has 4 N–H and O–H groups in total. The summed E-state index contributed by atoms with van der Waals surface area (Å²) in [6.45, 7) is 1.92. The van der Waals surface area contributed by atoms with E-state index in [0.29, 0.717) is 12.8 Å². The SMILES string of the molecule is CCCC[C@H](NC(=O)NC1CCC(=O)NC1=O)C(=O)O. The summed E-state index contributed by atoms with van der Waals surface area (Å²) in [6.07, 6.45) is 2.18. The first-order valence-electron chi connectivity index (χ1n) is 6.57. The Labute approximate surface area is 116 Å². The normalized spacial score (nSPS) is 19.9. The minimum Gasteiger partial charge on any atom is -0.480 e. The Hall–Kier alpha value is -2.12. The van der Waals surface area contributed by atoms with Crippen LogP contribution in [0.15, 0.2) is 0 Å². The topological polar surface area (TPSA) is 125 Å². The number of hydrogen-bond donors (Lipinski definition) is 4. The van der Waals surface area contributed by atoms with Crippen LogP contribution in [0.1, 0.15) is 39.0 Å². The summed E-state index contributed by atoms with van der Waals surface area (Å²) in [5.41, 5.74) is 0. The van der Waals surface area contributed by atoms with Gasteiger partial charge in [-0.3, -0.25) is 14.9 Å². The molecule has 1 rings (SSSR count). The van der Waals surface area contributed by atoms with Crippen molar-refractivity contribution in [3.05, 3.63) is 0 Å². The summed E-state index contributed by atoms with van der Waals surface area (Å²) < 4.78 is 0. The van der Waals surface area contributed by atoms with Crippen LogP contribution in [-0.4, -0.2) is 41.0 Å². The largest absolute Gasteiger partial charge is 0.480 e. The number of piperidine rings is 1. The number of rotatable bonds is 6. The molecule has 0 aromatic heterocycles. The highest BCUT2D eigenvalue weighted by Gasteiger charge is 2.29. The Morgan fingerprint density at radius 1 is 1.45 bits per heavy atom. The van der Waals surface area contributed by atoms with E-state index in [9.17, 15) is 19.2 Å². The molecular weight excluding hydrogens is 266 g/mol. The van der Waals surface area contributed by atoms with Crippen LogP contribution >= 0.6 is 0 Å². The van der Waals surface area contributed by atoms with Gasteiger partial charge in [-0.1, -0.05) is 19.8 Å². The number of nitrogens with one attached hydrogen (secondary N) is 3. The predicted octanol–water partition coefficient (Wildman–Crippen LogP) is -0.266. The second-order valence-electron chi connectivity index (χ2n) is 4.65. The average Bonchev–Trinajstić information content (AvgIpc) is 2.37. The molecule has 1 fully saturated rings. The molecule has 8 heteroatoms. The number of urea groups is 1. The van der Waals surface area contributed by atoms with E-state index in [1.807, 2.05) is 6.92 Å². The Bertz CT molecular complexity index is 410. The van der Waals surface area contributed by atoms with Gasteiger partial charge in [-0.25, -0.2) is 9.59 Å². The lowest BCUT2D eigenvalue weighted by Gasteiger charge is -2.23. The van der Waals surface area contributed by atoms with Gasteiger partial charge in [0.15, 0.2) is 0 Å². The number of unbranched alkanes of at least 4 members (excludes halogenated alkanes) is 1. The summed E-state index contributed by atoms with van der Waals surface area (Å²) in [4.78, 5) is 45.0. The maximum atomic E-state index is 11.7. The zero-order valence-corrected chi connectivity index (χ0v) is 11.3. The zero-order valence-electron chi connectivity index (χ0n) is 11.3. The molecule has 0 radical (unpaired) electrons. The van der Waals surface area contributed by atoms with E-state index in [1.54, 1.807) is 0 Å². The maximum Gasteiger partial charge on any atom is 0.326 e. The summed E-state index contributed by atoms with van der Waals surface area (Å²) in [5, 5.41) is 15.8. The van der Waals surface area contributed by atoms with Crippen LogP contribution < -0.4 is 16.0 Å². The molecule has 0 aromatic carbocycles. The molecule has 8 nitrogen and oxygen atoms in total. The highest BCUT2D eigenvalue weighted by atomic mass is 16.4. The molecule has 1 aliphatic rings. The van der Waals surface area contributed by atoms with Gasteiger partial charge in [0.05, 0.1) is 0 Å². The van der Waals surface area contributed by atoms with Gasteiger partial charge in [-0.05, 0) is 12.8 Å². The molecular formula is C12H19N3O5. The fourth-order valence-corrected chi connectivity index (χ4v) is 1.86. The highest BCUT2D eigenvalue weighted by Crippen LogP contribution is 2.05. The van der Waals surface area contributed by atoms with Crippen molar-refractivity contribution >= 4 is 23.8 Å². The predicted molar refractivity (Wildman–Crippen MR) is 68.8 cm³/mol. The van der Waals surface area contributed by atoms with E-state index in [0.717, 1.165) is 6.42 Å². The third kappa shape index (κ3) is 4.87. The zero-order chi connectivity index (χ0) is 15.1. The van der Waals surface area contributed by atoms with Crippen LogP contribution in [0.2, 0.25) is 0 Å². The van der Waals surface area contributed by atoms with Gasteiger partial charge in [-0.15, -0.1) is 0 Å². The fraction of sp³-hybridized carbons (Fsp3) is 0.667.